The molecule has 2 heteroatoms. The van der Waals surface area contributed by atoms with Gasteiger partial charge in [-0.1, -0.05) is 6.07 Å². The van der Waals surface area contributed by atoms with Crippen LogP contribution in [0.25, 0.3) is 0 Å². The van der Waals surface area contributed by atoms with Crippen molar-refractivity contribution in [2.45, 2.75) is 20.4 Å². The highest BCUT2D eigenvalue weighted by Crippen LogP contribution is 2.25. The van der Waals surface area contributed by atoms with Crippen molar-refractivity contribution in [3.05, 3.63) is 28.8 Å². The highest BCUT2D eigenvalue weighted by atomic mass is 16.5. The van der Waals surface area contributed by atoms with Gasteiger partial charge in [-0.25, -0.2) is 0 Å². The van der Waals surface area contributed by atoms with Crippen LogP contribution in [0.4, 0.5) is 0 Å². The number of fused-ring (bicyclic) bond motifs is 1. The minimum atomic E-state index is 0.774. The first-order chi connectivity index (χ1) is 6.27. The molecule has 70 valence electrons. The minimum absolute atomic E-state index is 0.774. The van der Waals surface area contributed by atoms with E-state index in [1.807, 2.05) is 0 Å². The van der Waals surface area contributed by atoms with Crippen LogP contribution in [0.1, 0.15) is 16.7 Å². The van der Waals surface area contributed by atoms with Crippen molar-refractivity contribution in [1.29, 1.82) is 0 Å². The monoisotopic (exact) mass is 177 g/mol. The lowest BCUT2D eigenvalue weighted by Crippen LogP contribution is -2.16. The van der Waals surface area contributed by atoms with E-state index < -0.39 is 0 Å². The molecule has 1 aliphatic rings. The van der Waals surface area contributed by atoms with Gasteiger partial charge in [-0.15, -0.1) is 0 Å². The molecule has 2 rings (SSSR count). The SMILES string of the molecule is Cc1cc(C)c2c(c1)OCCNC2. The molecule has 0 bridgehead atoms. The van der Waals surface area contributed by atoms with Crippen LogP contribution in [0.15, 0.2) is 12.1 Å². The average Bonchev–Trinajstić information content (AvgIpc) is 2.28. The second-order valence-corrected chi connectivity index (χ2v) is 3.58. The first-order valence-electron chi connectivity index (χ1n) is 4.71. The van der Waals surface area contributed by atoms with E-state index in [1.165, 1.54) is 16.7 Å². The second-order valence-electron chi connectivity index (χ2n) is 3.58. The smallest absolute Gasteiger partial charge is 0.124 e. The minimum Gasteiger partial charge on any atom is -0.492 e. The second kappa shape index (κ2) is 3.38. The largest absolute Gasteiger partial charge is 0.492 e. The molecule has 13 heavy (non-hydrogen) atoms. The summed E-state index contributed by atoms with van der Waals surface area (Å²) >= 11 is 0. The molecule has 0 spiro atoms. The molecule has 1 N–H and O–H groups in total. The summed E-state index contributed by atoms with van der Waals surface area (Å²) in [4.78, 5) is 0. The number of hydrogen-bond acceptors (Lipinski definition) is 2. The van der Waals surface area contributed by atoms with Crippen LogP contribution in [-0.2, 0) is 6.54 Å². The van der Waals surface area contributed by atoms with Crippen molar-refractivity contribution in [3.63, 3.8) is 0 Å². The third-order valence-electron chi connectivity index (χ3n) is 2.41. The molecule has 0 unspecified atom stereocenters. The predicted molar refractivity (Wildman–Crippen MR) is 53.1 cm³/mol. The van der Waals surface area contributed by atoms with Crippen LogP contribution in [-0.4, -0.2) is 13.2 Å². The maximum Gasteiger partial charge on any atom is 0.124 e. The molecule has 0 saturated carbocycles. The van der Waals surface area contributed by atoms with Crippen molar-refractivity contribution >= 4 is 0 Å². The fourth-order valence-corrected chi connectivity index (χ4v) is 1.76. The zero-order chi connectivity index (χ0) is 9.26. The van der Waals surface area contributed by atoms with Gasteiger partial charge in [0.25, 0.3) is 0 Å². The highest BCUT2D eigenvalue weighted by molar-refractivity contribution is 5.43. The van der Waals surface area contributed by atoms with Crippen molar-refractivity contribution < 1.29 is 4.74 Å². The molecule has 2 nitrogen and oxygen atoms in total. The summed E-state index contributed by atoms with van der Waals surface area (Å²) in [6.07, 6.45) is 0. The molecule has 1 aromatic rings. The fraction of sp³-hybridized carbons (Fsp3) is 0.455. The summed E-state index contributed by atoms with van der Waals surface area (Å²) in [5.41, 5.74) is 3.91. The number of hydrogen-bond donors (Lipinski definition) is 1. The highest BCUT2D eigenvalue weighted by Gasteiger charge is 2.10. The van der Waals surface area contributed by atoms with E-state index in [9.17, 15) is 0 Å². The van der Waals surface area contributed by atoms with Gasteiger partial charge >= 0.3 is 0 Å². The fourth-order valence-electron chi connectivity index (χ4n) is 1.76. The van der Waals surface area contributed by atoms with E-state index >= 15 is 0 Å². The number of ether oxygens (including phenoxy) is 1. The van der Waals surface area contributed by atoms with Gasteiger partial charge in [-0.2, -0.15) is 0 Å². The maximum atomic E-state index is 5.65. The first kappa shape index (κ1) is 8.57. The Morgan fingerprint density at radius 1 is 1.31 bits per heavy atom. The quantitative estimate of drug-likeness (QED) is 0.652. The Labute approximate surface area is 78.9 Å². The van der Waals surface area contributed by atoms with Crippen molar-refractivity contribution in [2.75, 3.05) is 13.2 Å². The van der Waals surface area contributed by atoms with Crippen LogP contribution in [0.5, 0.6) is 5.75 Å². The molecule has 0 saturated heterocycles. The van der Waals surface area contributed by atoms with Gasteiger partial charge < -0.3 is 10.1 Å². The summed E-state index contributed by atoms with van der Waals surface area (Å²) in [5.74, 6) is 1.06. The Morgan fingerprint density at radius 3 is 3.00 bits per heavy atom. The summed E-state index contributed by atoms with van der Waals surface area (Å²) in [5, 5.41) is 3.34. The average molecular weight is 177 g/mol. The molecule has 0 amide bonds. The Bertz CT molecular complexity index is 320. The standard InChI is InChI=1S/C11H15NO/c1-8-5-9(2)10-7-12-3-4-13-11(10)6-8/h5-6,12H,3-4,7H2,1-2H3. The van der Waals surface area contributed by atoms with E-state index in [0.717, 1.165) is 25.4 Å². The Hall–Kier alpha value is -1.02. The molecule has 1 aliphatic heterocycles. The Morgan fingerprint density at radius 2 is 2.15 bits per heavy atom. The molecule has 0 fully saturated rings. The van der Waals surface area contributed by atoms with Crippen molar-refractivity contribution in [3.8, 4) is 5.75 Å². The van der Waals surface area contributed by atoms with Gasteiger partial charge in [0.2, 0.25) is 0 Å². The summed E-state index contributed by atoms with van der Waals surface area (Å²) < 4.78 is 5.65. The van der Waals surface area contributed by atoms with E-state index in [4.69, 9.17) is 4.74 Å². The van der Waals surface area contributed by atoms with Crippen molar-refractivity contribution in [1.82, 2.24) is 5.32 Å². The van der Waals surface area contributed by atoms with Gasteiger partial charge in [0.1, 0.15) is 12.4 Å². The van der Waals surface area contributed by atoms with Gasteiger partial charge in [0, 0.05) is 18.7 Å². The van der Waals surface area contributed by atoms with Gasteiger partial charge in [0.15, 0.2) is 0 Å². The third kappa shape index (κ3) is 1.68. The zero-order valence-electron chi connectivity index (χ0n) is 8.18. The number of rotatable bonds is 0. The van der Waals surface area contributed by atoms with E-state index in [0.29, 0.717) is 0 Å². The molecular weight excluding hydrogens is 162 g/mol. The molecule has 1 heterocycles. The lowest BCUT2D eigenvalue weighted by Gasteiger charge is -2.10. The molecule has 0 aromatic heterocycles. The lowest BCUT2D eigenvalue weighted by molar-refractivity contribution is 0.325. The van der Waals surface area contributed by atoms with Gasteiger partial charge in [-0.05, 0) is 31.0 Å². The van der Waals surface area contributed by atoms with E-state index in [1.54, 1.807) is 0 Å². The molecule has 0 radical (unpaired) electrons. The van der Waals surface area contributed by atoms with Gasteiger partial charge in [-0.3, -0.25) is 0 Å². The zero-order valence-corrected chi connectivity index (χ0v) is 8.18. The number of nitrogens with one attached hydrogen (secondary N) is 1. The van der Waals surface area contributed by atoms with Crippen molar-refractivity contribution in [2.24, 2.45) is 0 Å². The van der Waals surface area contributed by atoms with Crippen LogP contribution >= 0.6 is 0 Å². The predicted octanol–water partition coefficient (Wildman–Crippen LogP) is 1.79. The Balaban J connectivity index is 2.47. The Kier molecular flexibility index (Phi) is 2.23. The van der Waals surface area contributed by atoms with E-state index in [2.05, 4.69) is 31.3 Å². The van der Waals surface area contributed by atoms with Gasteiger partial charge in [0.05, 0.1) is 0 Å². The summed E-state index contributed by atoms with van der Waals surface area (Å²) in [7, 11) is 0. The number of aryl methyl sites for hydroxylation is 2. The topological polar surface area (TPSA) is 21.3 Å². The third-order valence-corrected chi connectivity index (χ3v) is 2.41. The van der Waals surface area contributed by atoms with E-state index in [-0.39, 0.29) is 0 Å². The molecule has 1 aromatic carbocycles. The first-order valence-corrected chi connectivity index (χ1v) is 4.71. The van der Waals surface area contributed by atoms with Crippen LogP contribution in [0, 0.1) is 13.8 Å². The lowest BCUT2D eigenvalue weighted by atomic mass is 10.0. The van der Waals surface area contributed by atoms with Crippen LogP contribution < -0.4 is 10.1 Å². The normalized spacial score (nSPS) is 15.8. The van der Waals surface area contributed by atoms with Crippen LogP contribution in [0.3, 0.4) is 0 Å². The molecular formula is C11H15NO. The molecule has 0 aliphatic carbocycles. The summed E-state index contributed by atoms with van der Waals surface area (Å²) in [6.45, 7) is 6.89. The maximum absolute atomic E-state index is 5.65. The number of benzene rings is 1. The molecule has 0 atom stereocenters. The van der Waals surface area contributed by atoms with Crippen LogP contribution in [0.2, 0.25) is 0 Å². The summed E-state index contributed by atoms with van der Waals surface area (Å²) in [6, 6.07) is 4.32.